The van der Waals surface area contributed by atoms with Crippen LogP contribution in [0.1, 0.15) is 49.4 Å². The molecule has 0 saturated carbocycles. The summed E-state index contributed by atoms with van der Waals surface area (Å²) in [5.74, 6) is -0.0613. The summed E-state index contributed by atoms with van der Waals surface area (Å²) in [5, 5.41) is 0. The number of hydrogen-bond acceptors (Lipinski definition) is 4. The van der Waals surface area contributed by atoms with Crippen LogP contribution in [-0.4, -0.2) is 45.1 Å². The third-order valence-corrected chi connectivity index (χ3v) is 6.40. The lowest BCUT2D eigenvalue weighted by molar-refractivity contribution is 0.0758. The maximum Gasteiger partial charge on any atom is 0.255 e. The van der Waals surface area contributed by atoms with Gasteiger partial charge >= 0.3 is 0 Å². The largest absolute Gasteiger partial charge is 0.339 e. The fourth-order valence-corrected chi connectivity index (χ4v) is 4.52. The molecule has 0 aromatic heterocycles. The highest BCUT2D eigenvalue weighted by atomic mass is 32.2. The fraction of sp³-hybridized carbons (Fsp3) is 0.588. The summed E-state index contributed by atoms with van der Waals surface area (Å²) < 4.78 is 27.3. The molecule has 1 saturated heterocycles. The van der Waals surface area contributed by atoms with Gasteiger partial charge in [-0.3, -0.25) is 4.79 Å². The number of hydrogen-bond donors (Lipinski definition) is 1. The van der Waals surface area contributed by atoms with Gasteiger partial charge in [-0.1, -0.05) is 19.8 Å². The standard InChI is InChI=1S/C17H26N2O3S2/c1-3-10-18-24(21,22)14-8-9-16(23-2)15(13-14)17(20)19-11-6-4-5-7-12-19/h8-9,13,18H,3-7,10-12H2,1-2H3. The highest BCUT2D eigenvalue weighted by Gasteiger charge is 2.23. The molecule has 0 bridgehead atoms. The maximum absolute atomic E-state index is 12.9. The van der Waals surface area contributed by atoms with Crippen LogP contribution >= 0.6 is 11.8 Å². The molecule has 0 atom stereocenters. The molecule has 1 aromatic rings. The third kappa shape index (κ3) is 4.74. The molecule has 2 rings (SSSR count). The minimum atomic E-state index is -3.57. The van der Waals surface area contributed by atoms with Crippen molar-refractivity contribution in [2.24, 2.45) is 0 Å². The number of amides is 1. The smallest absolute Gasteiger partial charge is 0.255 e. The molecule has 0 unspecified atom stereocenters. The Morgan fingerprint density at radius 3 is 2.46 bits per heavy atom. The molecule has 24 heavy (non-hydrogen) atoms. The van der Waals surface area contributed by atoms with Crippen LogP contribution < -0.4 is 4.72 Å². The number of likely N-dealkylation sites (tertiary alicyclic amines) is 1. The van der Waals surface area contributed by atoms with E-state index in [-0.39, 0.29) is 10.8 Å². The highest BCUT2D eigenvalue weighted by Crippen LogP contribution is 2.26. The van der Waals surface area contributed by atoms with Crippen molar-refractivity contribution in [1.29, 1.82) is 0 Å². The molecule has 0 aliphatic carbocycles. The molecule has 1 aliphatic heterocycles. The zero-order valence-corrected chi connectivity index (χ0v) is 16.0. The first kappa shape index (κ1) is 19.3. The van der Waals surface area contributed by atoms with E-state index < -0.39 is 10.0 Å². The van der Waals surface area contributed by atoms with Crippen LogP contribution in [0.5, 0.6) is 0 Å². The second-order valence-electron chi connectivity index (χ2n) is 5.97. The lowest BCUT2D eigenvalue weighted by atomic mass is 10.2. The summed E-state index contributed by atoms with van der Waals surface area (Å²) >= 11 is 1.47. The van der Waals surface area contributed by atoms with Crippen LogP contribution in [0, 0.1) is 0 Å². The van der Waals surface area contributed by atoms with Gasteiger partial charge in [0.1, 0.15) is 0 Å². The van der Waals surface area contributed by atoms with E-state index in [1.54, 1.807) is 12.1 Å². The Balaban J connectivity index is 2.33. The second-order valence-corrected chi connectivity index (χ2v) is 8.58. The van der Waals surface area contributed by atoms with Gasteiger partial charge in [0.2, 0.25) is 10.0 Å². The summed E-state index contributed by atoms with van der Waals surface area (Å²) in [5.41, 5.74) is 0.490. The van der Waals surface area contributed by atoms with E-state index >= 15 is 0 Å². The van der Waals surface area contributed by atoms with Gasteiger partial charge in [-0.15, -0.1) is 11.8 Å². The monoisotopic (exact) mass is 370 g/mol. The summed E-state index contributed by atoms with van der Waals surface area (Å²) in [7, 11) is -3.57. The number of thioether (sulfide) groups is 1. The van der Waals surface area contributed by atoms with Crippen LogP contribution in [0.2, 0.25) is 0 Å². The van der Waals surface area contributed by atoms with Crippen molar-refractivity contribution < 1.29 is 13.2 Å². The topological polar surface area (TPSA) is 66.5 Å². The fourth-order valence-electron chi connectivity index (χ4n) is 2.79. The van der Waals surface area contributed by atoms with E-state index in [1.165, 1.54) is 17.8 Å². The number of rotatable bonds is 6. The summed E-state index contributed by atoms with van der Waals surface area (Å²) in [6.45, 7) is 3.80. The SMILES string of the molecule is CCCNS(=O)(=O)c1ccc(SC)c(C(=O)N2CCCCCC2)c1. The molecular formula is C17H26N2O3S2. The van der Waals surface area contributed by atoms with Gasteiger partial charge in [-0.2, -0.15) is 0 Å². The van der Waals surface area contributed by atoms with Crippen molar-refractivity contribution in [3.8, 4) is 0 Å². The average Bonchev–Trinajstić information content (AvgIpc) is 2.88. The van der Waals surface area contributed by atoms with Crippen molar-refractivity contribution in [1.82, 2.24) is 9.62 Å². The Labute approximate surface area is 149 Å². The van der Waals surface area contributed by atoms with E-state index in [0.29, 0.717) is 12.1 Å². The highest BCUT2D eigenvalue weighted by molar-refractivity contribution is 7.98. The predicted octanol–water partition coefficient (Wildman–Crippen LogP) is 3.11. The molecule has 1 N–H and O–H groups in total. The second kappa shape index (κ2) is 8.87. The summed E-state index contributed by atoms with van der Waals surface area (Å²) in [6, 6.07) is 4.83. The molecule has 0 radical (unpaired) electrons. The first-order valence-corrected chi connectivity index (χ1v) is 11.2. The van der Waals surface area contributed by atoms with Crippen LogP contribution in [0.3, 0.4) is 0 Å². The number of nitrogens with zero attached hydrogens (tertiary/aromatic N) is 1. The van der Waals surface area contributed by atoms with Crippen LogP contribution in [0.15, 0.2) is 28.0 Å². The third-order valence-electron chi connectivity index (χ3n) is 4.15. The first-order valence-electron chi connectivity index (χ1n) is 8.46. The number of carbonyl (C=O) groups excluding carboxylic acids is 1. The van der Waals surface area contributed by atoms with Gasteiger partial charge in [0, 0.05) is 24.5 Å². The molecule has 7 heteroatoms. The van der Waals surface area contributed by atoms with Crippen molar-refractivity contribution in [3.05, 3.63) is 23.8 Å². The zero-order chi connectivity index (χ0) is 17.6. The van der Waals surface area contributed by atoms with Gasteiger partial charge in [-0.05, 0) is 43.7 Å². The van der Waals surface area contributed by atoms with Crippen LogP contribution in [-0.2, 0) is 10.0 Å². The molecule has 1 aromatic carbocycles. The Bertz CT molecular complexity index is 666. The van der Waals surface area contributed by atoms with Gasteiger partial charge in [0.25, 0.3) is 5.91 Å². The lowest BCUT2D eigenvalue weighted by Gasteiger charge is -2.22. The van der Waals surface area contributed by atoms with E-state index in [2.05, 4.69) is 4.72 Å². The quantitative estimate of drug-likeness (QED) is 0.782. The summed E-state index contributed by atoms with van der Waals surface area (Å²) in [6.07, 6.45) is 6.94. The Kier molecular flexibility index (Phi) is 7.13. The van der Waals surface area contributed by atoms with E-state index in [9.17, 15) is 13.2 Å². The van der Waals surface area contributed by atoms with E-state index in [0.717, 1.165) is 50.1 Å². The van der Waals surface area contributed by atoms with Crippen LogP contribution in [0.4, 0.5) is 0 Å². The van der Waals surface area contributed by atoms with Gasteiger partial charge in [0.15, 0.2) is 0 Å². The normalized spacial score (nSPS) is 16.0. The molecule has 0 spiro atoms. The number of nitrogens with one attached hydrogen (secondary N) is 1. The number of benzene rings is 1. The average molecular weight is 371 g/mol. The van der Waals surface area contributed by atoms with E-state index in [1.807, 2.05) is 18.1 Å². The van der Waals surface area contributed by atoms with E-state index in [4.69, 9.17) is 0 Å². The minimum absolute atomic E-state index is 0.0613. The zero-order valence-electron chi connectivity index (χ0n) is 14.4. The van der Waals surface area contributed by atoms with Crippen molar-refractivity contribution in [2.75, 3.05) is 25.9 Å². The van der Waals surface area contributed by atoms with Gasteiger partial charge in [0.05, 0.1) is 10.5 Å². The lowest BCUT2D eigenvalue weighted by Crippen LogP contribution is -2.32. The summed E-state index contributed by atoms with van der Waals surface area (Å²) in [4.78, 5) is 15.8. The maximum atomic E-state index is 12.9. The van der Waals surface area contributed by atoms with Gasteiger partial charge in [-0.25, -0.2) is 13.1 Å². The number of carbonyl (C=O) groups is 1. The molecule has 1 amide bonds. The molecule has 1 fully saturated rings. The van der Waals surface area contributed by atoms with Crippen molar-refractivity contribution >= 4 is 27.7 Å². The Hall–Kier alpha value is -1.05. The van der Waals surface area contributed by atoms with Crippen LogP contribution in [0.25, 0.3) is 0 Å². The first-order chi connectivity index (χ1) is 11.5. The van der Waals surface area contributed by atoms with Gasteiger partial charge < -0.3 is 4.90 Å². The van der Waals surface area contributed by atoms with Crippen molar-refractivity contribution in [3.63, 3.8) is 0 Å². The predicted molar refractivity (Wildman–Crippen MR) is 98.1 cm³/mol. The molecule has 1 aliphatic rings. The Morgan fingerprint density at radius 2 is 1.88 bits per heavy atom. The molecule has 5 nitrogen and oxygen atoms in total. The Morgan fingerprint density at radius 1 is 1.21 bits per heavy atom. The van der Waals surface area contributed by atoms with Crippen molar-refractivity contribution in [2.45, 2.75) is 48.8 Å². The molecule has 1 heterocycles. The minimum Gasteiger partial charge on any atom is -0.339 e. The number of sulfonamides is 1. The molecular weight excluding hydrogens is 344 g/mol. The molecule has 134 valence electrons.